The molecule has 1 aliphatic rings. The fourth-order valence-corrected chi connectivity index (χ4v) is 2.09. The lowest BCUT2D eigenvalue weighted by Crippen LogP contribution is -2.32. The predicted octanol–water partition coefficient (Wildman–Crippen LogP) is 2.04. The molecule has 1 saturated heterocycles. The van der Waals surface area contributed by atoms with Crippen molar-refractivity contribution in [2.24, 2.45) is 5.92 Å². The van der Waals surface area contributed by atoms with Crippen LogP contribution in [0.1, 0.15) is 45.4 Å². The fraction of sp³-hybridized carbons (Fsp3) is 0.923. The topological polar surface area (TPSA) is 58.6 Å². The van der Waals surface area contributed by atoms with Crippen molar-refractivity contribution in [2.45, 2.75) is 51.6 Å². The van der Waals surface area contributed by atoms with Crippen LogP contribution < -0.4 is 5.32 Å². The van der Waals surface area contributed by atoms with E-state index in [4.69, 9.17) is 9.84 Å². The summed E-state index contributed by atoms with van der Waals surface area (Å²) in [5.74, 6) is -0.216. The molecule has 0 radical (unpaired) electrons. The molecule has 4 nitrogen and oxygen atoms in total. The zero-order valence-corrected chi connectivity index (χ0v) is 10.8. The van der Waals surface area contributed by atoms with Crippen molar-refractivity contribution in [3.63, 3.8) is 0 Å². The minimum atomic E-state index is -0.694. The summed E-state index contributed by atoms with van der Waals surface area (Å²) in [6.45, 7) is 4.91. The summed E-state index contributed by atoms with van der Waals surface area (Å²) in [5, 5.41) is 12.0. The molecule has 0 amide bonds. The van der Waals surface area contributed by atoms with Gasteiger partial charge in [0.2, 0.25) is 0 Å². The summed E-state index contributed by atoms with van der Waals surface area (Å²) in [4.78, 5) is 10.4. The number of hydrogen-bond acceptors (Lipinski definition) is 3. The average Bonchev–Trinajstić information content (AvgIpc) is 2.33. The van der Waals surface area contributed by atoms with E-state index in [-0.39, 0.29) is 6.42 Å². The maximum Gasteiger partial charge on any atom is 0.303 e. The van der Waals surface area contributed by atoms with Gasteiger partial charge in [0.05, 0.1) is 6.10 Å². The Balaban J connectivity index is 1.93. The number of nitrogens with one attached hydrogen (secondary N) is 1. The van der Waals surface area contributed by atoms with Crippen LogP contribution in [0.15, 0.2) is 0 Å². The summed E-state index contributed by atoms with van der Waals surface area (Å²) in [6.07, 6.45) is 6.13. The van der Waals surface area contributed by atoms with Crippen molar-refractivity contribution in [1.29, 1.82) is 0 Å². The first-order chi connectivity index (χ1) is 8.18. The minimum absolute atomic E-state index is 0.285. The molecule has 0 aromatic heterocycles. The van der Waals surface area contributed by atoms with Crippen LogP contribution in [-0.4, -0.2) is 36.9 Å². The molecule has 4 heteroatoms. The van der Waals surface area contributed by atoms with E-state index >= 15 is 0 Å². The maximum atomic E-state index is 10.4. The number of carbonyl (C=O) groups is 1. The van der Waals surface area contributed by atoms with Crippen LogP contribution in [0.5, 0.6) is 0 Å². The summed E-state index contributed by atoms with van der Waals surface area (Å²) in [5.41, 5.74) is 0. The van der Waals surface area contributed by atoms with Crippen molar-refractivity contribution in [3.05, 3.63) is 0 Å². The molecule has 1 heterocycles. The van der Waals surface area contributed by atoms with Crippen LogP contribution in [0.25, 0.3) is 0 Å². The molecular weight excluding hydrogens is 218 g/mol. The smallest absolute Gasteiger partial charge is 0.303 e. The molecule has 0 spiro atoms. The molecule has 2 N–H and O–H groups in total. The first-order valence-corrected chi connectivity index (χ1v) is 6.72. The summed E-state index contributed by atoms with van der Waals surface area (Å²) >= 11 is 0. The second-order valence-electron chi connectivity index (χ2n) is 5.02. The Bertz CT molecular complexity index is 215. The third-order valence-corrected chi connectivity index (χ3v) is 3.31. The molecule has 0 saturated carbocycles. The predicted molar refractivity (Wildman–Crippen MR) is 67.1 cm³/mol. The Morgan fingerprint density at radius 2 is 2.29 bits per heavy atom. The van der Waals surface area contributed by atoms with E-state index in [0.717, 1.165) is 32.5 Å². The van der Waals surface area contributed by atoms with E-state index in [1.165, 1.54) is 19.3 Å². The van der Waals surface area contributed by atoms with Gasteiger partial charge in [0, 0.05) is 19.6 Å². The van der Waals surface area contributed by atoms with Gasteiger partial charge in [-0.25, -0.2) is 0 Å². The standard InChI is InChI=1S/C13H25NO3/c1-11(5-6-13(15)16)7-8-14-10-12-4-2-3-9-17-12/h11-12,14H,2-10H2,1H3,(H,15,16). The maximum absolute atomic E-state index is 10.4. The lowest BCUT2D eigenvalue weighted by atomic mass is 10.0. The molecule has 2 atom stereocenters. The Hall–Kier alpha value is -0.610. The van der Waals surface area contributed by atoms with Crippen LogP contribution in [-0.2, 0) is 9.53 Å². The SMILES string of the molecule is CC(CCNCC1CCCCO1)CCC(=O)O. The number of ether oxygens (including phenoxy) is 1. The second-order valence-corrected chi connectivity index (χ2v) is 5.02. The molecule has 0 aromatic rings. The summed E-state index contributed by atoms with van der Waals surface area (Å²) in [7, 11) is 0. The number of hydrogen-bond donors (Lipinski definition) is 2. The van der Waals surface area contributed by atoms with E-state index < -0.39 is 5.97 Å². The van der Waals surface area contributed by atoms with E-state index in [9.17, 15) is 4.79 Å². The Morgan fingerprint density at radius 3 is 2.94 bits per heavy atom. The van der Waals surface area contributed by atoms with Crippen molar-refractivity contribution in [1.82, 2.24) is 5.32 Å². The Labute approximate surface area is 104 Å². The molecule has 0 aliphatic carbocycles. The Kier molecular flexibility index (Phi) is 7.21. The van der Waals surface area contributed by atoms with E-state index in [1.807, 2.05) is 0 Å². The van der Waals surface area contributed by atoms with Gasteiger partial charge in [0.1, 0.15) is 0 Å². The molecule has 0 bridgehead atoms. The molecule has 1 fully saturated rings. The van der Waals surface area contributed by atoms with Crippen molar-refractivity contribution in [2.75, 3.05) is 19.7 Å². The van der Waals surface area contributed by atoms with Gasteiger partial charge in [-0.3, -0.25) is 4.79 Å². The van der Waals surface area contributed by atoms with Gasteiger partial charge in [-0.2, -0.15) is 0 Å². The van der Waals surface area contributed by atoms with Gasteiger partial charge in [-0.1, -0.05) is 6.92 Å². The van der Waals surface area contributed by atoms with Crippen molar-refractivity contribution in [3.8, 4) is 0 Å². The van der Waals surface area contributed by atoms with Crippen molar-refractivity contribution >= 4 is 5.97 Å². The van der Waals surface area contributed by atoms with Gasteiger partial charge in [-0.05, 0) is 44.6 Å². The highest BCUT2D eigenvalue weighted by atomic mass is 16.5. The van der Waals surface area contributed by atoms with E-state index in [1.54, 1.807) is 0 Å². The first kappa shape index (κ1) is 14.5. The molecule has 17 heavy (non-hydrogen) atoms. The number of rotatable bonds is 8. The lowest BCUT2D eigenvalue weighted by molar-refractivity contribution is -0.137. The van der Waals surface area contributed by atoms with Crippen LogP contribution in [0.4, 0.5) is 0 Å². The largest absolute Gasteiger partial charge is 0.481 e. The van der Waals surface area contributed by atoms with Crippen molar-refractivity contribution < 1.29 is 14.6 Å². The Morgan fingerprint density at radius 1 is 1.47 bits per heavy atom. The highest BCUT2D eigenvalue weighted by molar-refractivity contribution is 5.66. The van der Waals surface area contributed by atoms with E-state index in [2.05, 4.69) is 12.2 Å². The quantitative estimate of drug-likeness (QED) is 0.640. The second kappa shape index (κ2) is 8.48. The van der Waals surface area contributed by atoms with Crippen LogP contribution >= 0.6 is 0 Å². The first-order valence-electron chi connectivity index (χ1n) is 6.72. The highest BCUT2D eigenvalue weighted by Crippen LogP contribution is 2.12. The third kappa shape index (κ3) is 7.34. The van der Waals surface area contributed by atoms with Gasteiger partial charge >= 0.3 is 5.97 Å². The van der Waals surface area contributed by atoms with Gasteiger partial charge < -0.3 is 15.2 Å². The van der Waals surface area contributed by atoms with Gasteiger partial charge in [-0.15, -0.1) is 0 Å². The summed E-state index contributed by atoms with van der Waals surface area (Å²) < 4.78 is 5.62. The number of carboxylic acid groups (broad SMARTS) is 1. The zero-order valence-electron chi connectivity index (χ0n) is 10.8. The highest BCUT2D eigenvalue weighted by Gasteiger charge is 2.13. The van der Waals surface area contributed by atoms with Gasteiger partial charge in [0.25, 0.3) is 0 Å². The number of aliphatic carboxylic acids is 1. The fourth-order valence-electron chi connectivity index (χ4n) is 2.09. The number of carboxylic acids is 1. The van der Waals surface area contributed by atoms with E-state index in [0.29, 0.717) is 12.0 Å². The molecular formula is C13H25NO3. The normalized spacial score (nSPS) is 22.3. The average molecular weight is 243 g/mol. The molecule has 1 aliphatic heterocycles. The monoisotopic (exact) mass is 243 g/mol. The zero-order chi connectivity index (χ0) is 12.5. The molecule has 100 valence electrons. The minimum Gasteiger partial charge on any atom is -0.481 e. The summed E-state index contributed by atoms with van der Waals surface area (Å²) in [6, 6.07) is 0. The molecule has 1 rings (SSSR count). The van der Waals surface area contributed by atoms with Crippen LogP contribution in [0.3, 0.4) is 0 Å². The molecule has 2 unspecified atom stereocenters. The molecule has 0 aromatic carbocycles. The third-order valence-electron chi connectivity index (χ3n) is 3.31. The van der Waals surface area contributed by atoms with Gasteiger partial charge in [0.15, 0.2) is 0 Å². The van der Waals surface area contributed by atoms with Crippen LogP contribution in [0, 0.1) is 5.92 Å². The lowest BCUT2D eigenvalue weighted by Gasteiger charge is -2.23. The van der Waals surface area contributed by atoms with Crippen LogP contribution in [0.2, 0.25) is 0 Å².